The van der Waals surface area contributed by atoms with E-state index in [1.807, 2.05) is 134 Å². The van der Waals surface area contributed by atoms with E-state index in [0.717, 1.165) is 16.9 Å². The van der Waals surface area contributed by atoms with E-state index in [1.54, 1.807) is 12.1 Å². The van der Waals surface area contributed by atoms with E-state index < -0.39 is 35.0 Å². The Balaban J connectivity index is 1.18. The van der Waals surface area contributed by atoms with Crippen molar-refractivity contribution in [3.63, 3.8) is 0 Å². The number of anilines is 3. The van der Waals surface area contributed by atoms with E-state index in [2.05, 4.69) is 5.32 Å². The highest BCUT2D eigenvalue weighted by Crippen LogP contribution is 2.64. The summed E-state index contributed by atoms with van der Waals surface area (Å²) in [6.45, 7) is 1.82. The third-order valence-electron chi connectivity index (χ3n) is 12.1. The van der Waals surface area contributed by atoms with Gasteiger partial charge >= 0.3 is 0 Å². The molecule has 1 saturated carbocycles. The van der Waals surface area contributed by atoms with Crippen molar-refractivity contribution in [1.29, 1.82) is 0 Å². The summed E-state index contributed by atoms with van der Waals surface area (Å²) in [5.74, 6) is -4.46. The molecule has 1 heterocycles. The number of carbonyl (C=O) groups is 4. The van der Waals surface area contributed by atoms with E-state index in [0.29, 0.717) is 39.9 Å². The molecule has 266 valence electrons. The fraction of sp³-hybridized carbons (Fsp3) is 0.191. The number of Topliss-reactive ketones (excluding diaryl/α,β-unsaturated/α-hetero) is 1. The molecule has 54 heavy (non-hydrogen) atoms. The molecule has 0 radical (unpaired) electrons. The van der Waals surface area contributed by atoms with Crippen LogP contribution < -0.4 is 10.2 Å². The summed E-state index contributed by atoms with van der Waals surface area (Å²) in [6, 6.07) is 41.1. The highest BCUT2D eigenvalue weighted by molar-refractivity contribution is 6.32. The number of phenols is 1. The predicted molar refractivity (Wildman–Crippen MR) is 208 cm³/mol. The van der Waals surface area contributed by atoms with E-state index in [-0.39, 0.29) is 35.6 Å². The van der Waals surface area contributed by atoms with Gasteiger partial charge in [0.1, 0.15) is 5.75 Å². The number of nitrogens with one attached hydrogen (secondary N) is 1. The third kappa shape index (κ3) is 5.02. The summed E-state index contributed by atoms with van der Waals surface area (Å²) in [7, 11) is 0. The Morgan fingerprint density at radius 2 is 1.35 bits per heavy atom. The van der Waals surface area contributed by atoms with Gasteiger partial charge in [0, 0.05) is 34.3 Å². The summed E-state index contributed by atoms with van der Waals surface area (Å²) in [5.41, 5.74) is 4.49. The third-order valence-corrected chi connectivity index (χ3v) is 12.1. The predicted octanol–water partition coefficient (Wildman–Crippen LogP) is 8.47. The van der Waals surface area contributed by atoms with Gasteiger partial charge in [0.15, 0.2) is 11.6 Å². The first-order valence-electron chi connectivity index (χ1n) is 18.5. The maximum atomic E-state index is 15.2. The van der Waals surface area contributed by atoms with Gasteiger partial charge in [0.05, 0.1) is 22.9 Å². The zero-order valence-corrected chi connectivity index (χ0v) is 29.7. The zero-order valence-electron chi connectivity index (χ0n) is 29.7. The van der Waals surface area contributed by atoms with Gasteiger partial charge in [-0.2, -0.15) is 0 Å². The van der Waals surface area contributed by atoms with E-state index in [9.17, 15) is 14.7 Å². The molecule has 6 atom stereocenters. The van der Waals surface area contributed by atoms with Crippen LogP contribution in [-0.4, -0.2) is 28.5 Å². The Labute approximate surface area is 313 Å². The van der Waals surface area contributed by atoms with Gasteiger partial charge in [-0.3, -0.25) is 24.1 Å². The highest BCUT2D eigenvalue weighted by atomic mass is 16.3. The second kappa shape index (κ2) is 13.0. The second-order valence-electron chi connectivity index (χ2n) is 14.9. The molecule has 9 rings (SSSR count). The van der Waals surface area contributed by atoms with E-state index in [4.69, 9.17) is 0 Å². The molecule has 1 saturated heterocycles. The Morgan fingerprint density at radius 1 is 0.704 bits per heavy atom. The molecule has 0 spiro atoms. The number of para-hydroxylation sites is 2. The van der Waals surface area contributed by atoms with Crippen molar-refractivity contribution in [1.82, 2.24) is 0 Å². The largest absolute Gasteiger partial charge is 0.507 e. The quantitative estimate of drug-likeness (QED) is 0.135. The van der Waals surface area contributed by atoms with Gasteiger partial charge in [0.25, 0.3) is 0 Å². The lowest BCUT2D eigenvalue weighted by Gasteiger charge is -2.55. The number of amides is 2. The molecule has 1 aliphatic heterocycles. The first-order valence-corrected chi connectivity index (χ1v) is 18.5. The van der Waals surface area contributed by atoms with Crippen molar-refractivity contribution in [3.8, 4) is 5.75 Å². The number of phenolic OH excluding ortho intramolecular Hbond substituents is 1. The minimum Gasteiger partial charge on any atom is -0.507 e. The summed E-state index contributed by atoms with van der Waals surface area (Å²) in [4.78, 5) is 60.6. The number of fused-ring (bicyclic) bond motifs is 4. The molecular formula is C47H38N2O5. The first kappa shape index (κ1) is 33.5. The summed E-state index contributed by atoms with van der Waals surface area (Å²) in [5, 5.41) is 15.1. The topological polar surface area (TPSA) is 104 Å². The van der Waals surface area contributed by atoms with Gasteiger partial charge in [-0.25, -0.2) is 0 Å². The molecule has 5 aromatic rings. The molecule has 2 N–H and O–H groups in total. The van der Waals surface area contributed by atoms with Gasteiger partial charge in [-0.05, 0) is 84.8 Å². The van der Waals surface area contributed by atoms with Crippen molar-refractivity contribution >= 4 is 46.0 Å². The Kier molecular flexibility index (Phi) is 8.03. The fourth-order valence-electron chi connectivity index (χ4n) is 9.77. The maximum Gasteiger partial charge on any atom is 0.238 e. The van der Waals surface area contributed by atoms with E-state index >= 15 is 9.59 Å². The number of imide groups is 1. The number of ketones is 2. The number of aryl methyl sites for hydroxylation is 1. The molecule has 7 heteroatoms. The van der Waals surface area contributed by atoms with Crippen LogP contribution >= 0.6 is 0 Å². The van der Waals surface area contributed by atoms with Crippen LogP contribution in [0.5, 0.6) is 5.75 Å². The average Bonchev–Trinajstić information content (AvgIpc) is 3.46. The Morgan fingerprint density at radius 3 is 2.06 bits per heavy atom. The monoisotopic (exact) mass is 710 g/mol. The SMILES string of the molecule is Cc1cccc(C2C3=CCC4C(=O)N(c5ccc(Nc6ccccc6)cc5)C(=O)C4C3CC3C(=O)C(c4ccccc4)=CC(=O)C32c2ccccc2)c1O. The smallest absolute Gasteiger partial charge is 0.238 e. The highest BCUT2D eigenvalue weighted by Gasteiger charge is 2.66. The lowest BCUT2D eigenvalue weighted by Crippen LogP contribution is -2.58. The number of hydrogen-bond acceptors (Lipinski definition) is 6. The van der Waals surface area contributed by atoms with Crippen LogP contribution in [0.1, 0.15) is 41.0 Å². The minimum atomic E-state index is -1.40. The van der Waals surface area contributed by atoms with Gasteiger partial charge in [-0.15, -0.1) is 0 Å². The minimum absolute atomic E-state index is 0.0537. The Hall–Kier alpha value is -6.34. The number of carbonyl (C=O) groups excluding carboxylic acids is 4. The van der Waals surface area contributed by atoms with Crippen molar-refractivity contribution in [3.05, 3.63) is 173 Å². The first-order chi connectivity index (χ1) is 26.3. The lowest BCUT2D eigenvalue weighted by atomic mass is 9.44. The molecule has 2 fully saturated rings. The number of hydrogen-bond donors (Lipinski definition) is 2. The van der Waals surface area contributed by atoms with Crippen molar-refractivity contribution in [2.75, 3.05) is 10.2 Å². The summed E-state index contributed by atoms with van der Waals surface area (Å²) in [6.07, 6.45) is 4.02. The molecule has 0 aromatic heterocycles. The number of nitrogens with zero attached hydrogens (tertiary/aromatic N) is 1. The van der Waals surface area contributed by atoms with Crippen LogP contribution in [0, 0.1) is 30.6 Å². The summed E-state index contributed by atoms with van der Waals surface area (Å²) < 4.78 is 0. The second-order valence-corrected chi connectivity index (χ2v) is 14.9. The van der Waals surface area contributed by atoms with Crippen LogP contribution in [0.15, 0.2) is 151 Å². The average molecular weight is 711 g/mol. The molecule has 5 aromatic carbocycles. The molecule has 4 aliphatic rings. The number of allylic oxidation sites excluding steroid dienone is 4. The normalized spacial score (nSPS) is 26.0. The van der Waals surface area contributed by atoms with Crippen molar-refractivity contribution in [2.24, 2.45) is 23.7 Å². The number of aromatic hydroxyl groups is 1. The molecule has 7 nitrogen and oxygen atoms in total. The van der Waals surface area contributed by atoms with Crippen molar-refractivity contribution < 1.29 is 24.3 Å². The van der Waals surface area contributed by atoms with Crippen LogP contribution in [0.4, 0.5) is 17.1 Å². The number of rotatable bonds is 6. The zero-order chi connectivity index (χ0) is 37.1. The van der Waals surface area contributed by atoms with Gasteiger partial charge < -0.3 is 10.4 Å². The van der Waals surface area contributed by atoms with Crippen LogP contribution in [0.25, 0.3) is 5.57 Å². The fourth-order valence-corrected chi connectivity index (χ4v) is 9.77. The number of benzene rings is 5. The van der Waals surface area contributed by atoms with E-state index in [1.165, 1.54) is 11.0 Å². The lowest BCUT2D eigenvalue weighted by molar-refractivity contribution is -0.135. The van der Waals surface area contributed by atoms with Gasteiger partial charge in [0.2, 0.25) is 11.8 Å². The molecule has 2 amide bonds. The van der Waals surface area contributed by atoms with Crippen LogP contribution in [0.3, 0.4) is 0 Å². The summed E-state index contributed by atoms with van der Waals surface area (Å²) >= 11 is 0. The molecular weight excluding hydrogens is 673 g/mol. The van der Waals surface area contributed by atoms with Crippen LogP contribution in [-0.2, 0) is 24.6 Å². The molecule has 0 bridgehead atoms. The van der Waals surface area contributed by atoms with Gasteiger partial charge in [-0.1, -0.05) is 109 Å². The maximum absolute atomic E-state index is 15.2. The van der Waals surface area contributed by atoms with Crippen LogP contribution in [0.2, 0.25) is 0 Å². The molecule has 3 aliphatic carbocycles. The Bertz CT molecular complexity index is 2390. The molecule has 6 unspecified atom stereocenters. The van der Waals surface area contributed by atoms with Crippen molar-refractivity contribution in [2.45, 2.75) is 31.1 Å². The standard InChI is InChI=1S/C47H38N2O5/c1-28-12-11-19-36(43(28)51)42-34-24-25-35-41(46(54)49(45(35)53)33-22-20-32(21-23-33)48-31-17-9-4-10-18-31)38(34)26-39-44(52)37(29-13-5-2-6-14-29)27-40(50)47(39,42)30-15-7-3-8-16-30/h2-24,27,35,38-39,41-42,48,51H,25-26H2,1H3.